The maximum absolute atomic E-state index is 12.9. The highest BCUT2D eigenvalue weighted by molar-refractivity contribution is 7.70. The highest BCUT2D eigenvalue weighted by Gasteiger charge is 2.20. The first-order valence-corrected chi connectivity index (χ1v) is 22.5. The maximum Gasteiger partial charge on any atom is 0.109 e. The highest BCUT2D eigenvalue weighted by Crippen LogP contribution is 2.46. The summed E-state index contributed by atoms with van der Waals surface area (Å²) in [5.41, 5.74) is 6.44. The summed E-state index contributed by atoms with van der Waals surface area (Å²) < 4.78 is 38.6. The molecule has 6 rings (SSSR count). The van der Waals surface area contributed by atoms with Gasteiger partial charge in [-0.3, -0.25) is 0 Å². The standard InChI is InChI=1S/C38H37O3P3/c1-42(2,39)30-19-14-26(15-20-30)37-33-12-7-8-13-34(33)38(27-16-21-31(22-17-27)43(3,4)40)36-25-29(18-23-35(36)37)28-10-9-11-32(24-28)44(5,6)41/h7-25H,1-6H3. The Morgan fingerprint density at radius 2 is 0.750 bits per heavy atom. The predicted molar refractivity (Wildman–Crippen MR) is 195 cm³/mol. The Bertz CT molecular complexity index is 2200. The summed E-state index contributed by atoms with van der Waals surface area (Å²) in [7, 11) is -7.21. The van der Waals surface area contributed by atoms with Gasteiger partial charge in [-0.25, -0.2) is 0 Å². The Labute approximate surface area is 260 Å². The highest BCUT2D eigenvalue weighted by atomic mass is 31.2. The molecular weight excluding hydrogens is 597 g/mol. The van der Waals surface area contributed by atoms with Crippen LogP contribution in [0.15, 0.2) is 115 Å². The third-order valence-corrected chi connectivity index (χ3v) is 13.0. The molecule has 0 atom stereocenters. The van der Waals surface area contributed by atoms with Gasteiger partial charge in [0.05, 0.1) is 0 Å². The lowest BCUT2D eigenvalue weighted by Crippen LogP contribution is -2.03. The molecule has 0 saturated heterocycles. The van der Waals surface area contributed by atoms with Crippen molar-refractivity contribution in [3.63, 3.8) is 0 Å². The Hall–Kier alpha value is -3.47. The Balaban J connectivity index is 1.69. The molecule has 3 nitrogen and oxygen atoms in total. The minimum atomic E-state index is -2.43. The van der Waals surface area contributed by atoms with E-state index in [1.165, 1.54) is 0 Å². The number of fused-ring (bicyclic) bond motifs is 2. The van der Waals surface area contributed by atoms with Crippen LogP contribution in [0.5, 0.6) is 0 Å². The predicted octanol–water partition coefficient (Wildman–Crippen LogP) is 9.74. The lowest BCUT2D eigenvalue weighted by molar-refractivity contribution is 0.587. The van der Waals surface area contributed by atoms with Crippen molar-refractivity contribution >= 4 is 58.9 Å². The smallest absolute Gasteiger partial charge is 0.109 e. The minimum absolute atomic E-state index is 0.858. The Morgan fingerprint density at radius 1 is 0.341 bits per heavy atom. The van der Waals surface area contributed by atoms with Crippen molar-refractivity contribution < 1.29 is 13.7 Å². The summed E-state index contributed by atoms with van der Waals surface area (Å²) in [6.45, 7) is 10.8. The van der Waals surface area contributed by atoms with Gasteiger partial charge in [-0.2, -0.15) is 0 Å². The van der Waals surface area contributed by atoms with E-state index < -0.39 is 21.4 Å². The lowest BCUT2D eigenvalue weighted by atomic mass is 9.85. The lowest BCUT2D eigenvalue weighted by Gasteiger charge is -2.19. The van der Waals surface area contributed by atoms with Gasteiger partial charge in [0.1, 0.15) is 21.4 Å². The van der Waals surface area contributed by atoms with E-state index >= 15 is 0 Å². The number of hydrogen-bond donors (Lipinski definition) is 0. The van der Waals surface area contributed by atoms with E-state index in [2.05, 4.69) is 72.8 Å². The van der Waals surface area contributed by atoms with E-state index in [9.17, 15) is 13.7 Å². The second-order valence-corrected chi connectivity index (χ2v) is 22.4. The first kappa shape index (κ1) is 30.6. The fraction of sp³-hybridized carbons (Fsp3) is 0.158. The van der Waals surface area contributed by atoms with Gasteiger partial charge in [0, 0.05) is 15.9 Å². The second kappa shape index (κ2) is 11.2. The fourth-order valence-corrected chi connectivity index (χ4v) is 8.60. The molecule has 0 aliphatic rings. The zero-order chi connectivity index (χ0) is 31.4. The SMILES string of the molecule is CP(C)(=O)c1ccc(-c2c3ccccc3c(-c3ccc(P(C)(C)=O)cc3)c3cc(-c4cccc(P(C)(C)=O)c4)ccc23)cc1. The summed E-state index contributed by atoms with van der Waals surface area (Å²) in [6.07, 6.45) is 0. The van der Waals surface area contributed by atoms with E-state index in [1.807, 2.05) is 42.5 Å². The van der Waals surface area contributed by atoms with Gasteiger partial charge >= 0.3 is 0 Å². The molecule has 0 unspecified atom stereocenters. The molecule has 0 aliphatic carbocycles. The zero-order valence-corrected chi connectivity index (χ0v) is 28.7. The molecule has 6 aromatic carbocycles. The van der Waals surface area contributed by atoms with Gasteiger partial charge in [0.2, 0.25) is 0 Å². The van der Waals surface area contributed by atoms with E-state index in [-0.39, 0.29) is 0 Å². The molecule has 0 amide bonds. The monoisotopic (exact) mass is 634 g/mol. The summed E-state index contributed by atoms with van der Waals surface area (Å²) in [4.78, 5) is 0. The normalized spacial score (nSPS) is 12.6. The molecular formula is C38H37O3P3. The van der Waals surface area contributed by atoms with Crippen molar-refractivity contribution in [3.05, 3.63) is 115 Å². The van der Waals surface area contributed by atoms with Crippen molar-refractivity contribution in [2.45, 2.75) is 0 Å². The minimum Gasteiger partial charge on any atom is -0.319 e. The third-order valence-electron chi connectivity index (χ3n) is 8.38. The maximum atomic E-state index is 12.9. The first-order valence-electron chi connectivity index (χ1n) is 14.7. The molecule has 0 spiro atoms. The quantitative estimate of drug-likeness (QED) is 0.135. The van der Waals surface area contributed by atoms with Gasteiger partial charge in [-0.15, -0.1) is 0 Å². The van der Waals surface area contributed by atoms with Crippen LogP contribution >= 0.6 is 21.4 Å². The van der Waals surface area contributed by atoms with Crippen molar-refractivity contribution in [1.82, 2.24) is 0 Å². The van der Waals surface area contributed by atoms with Crippen LogP contribution in [-0.4, -0.2) is 40.0 Å². The molecule has 222 valence electrons. The van der Waals surface area contributed by atoms with Crippen LogP contribution in [0.25, 0.3) is 54.9 Å². The average Bonchev–Trinajstić information content (AvgIpc) is 2.98. The molecule has 6 heteroatoms. The van der Waals surface area contributed by atoms with E-state index in [4.69, 9.17) is 0 Å². The average molecular weight is 635 g/mol. The van der Waals surface area contributed by atoms with Crippen LogP contribution in [-0.2, 0) is 13.7 Å². The van der Waals surface area contributed by atoms with Gasteiger partial charge < -0.3 is 13.7 Å². The third kappa shape index (κ3) is 5.82. The molecule has 0 aromatic heterocycles. The van der Waals surface area contributed by atoms with Gasteiger partial charge in [-0.05, 0) is 107 Å². The van der Waals surface area contributed by atoms with Crippen molar-refractivity contribution in [2.75, 3.05) is 40.0 Å². The fourth-order valence-electron chi connectivity index (χ4n) is 5.97. The summed E-state index contributed by atoms with van der Waals surface area (Å²) in [5, 5.41) is 7.04. The molecule has 0 saturated carbocycles. The molecule has 0 bridgehead atoms. The van der Waals surface area contributed by atoms with Crippen LogP contribution in [0, 0.1) is 0 Å². The molecule has 0 fully saturated rings. The van der Waals surface area contributed by atoms with E-state index in [1.54, 1.807) is 40.0 Å². The van der Waals surface area contributed by atoms with Crippen molar-refractivity contribution in [1.29, 1.82) is 0 Å². The molecule has 0 radical (unpaired) electrons. The largest absolute Gasteiger partial charge is 0.319 e. The number of hydrogen-bond acceptors (Lipinski definition) is 3. The summed E-state index contributed by atoms with van der Waals surface area (Å²) in [6, 6.07) is 39.4. The molecule has 0 N–H and O–H groups in total. The summed E-state index contributed by atoms with van der Waals surface area (Å²) >= 11 is 0. The second-order valence-electron chi connectivity index (χ2n) is 12.8. The molecule has 6 aromatic rings. The zero-order valence-electron chi connectivity index (χ0n) is 26.0. The van der Waals surface area contributed by atoms with Crippen LogP contribution in [0.1, 0.15) is 0 Å². The van der Waals surface area contributed by atoms with E-state index in [0.717, 1.165) is 70.8 Å². The van der Waals surface area contributed by atoms with Crippen LogP contribution in [0.2, 0.25) is 0 Å². The van der Waals surface area contributed by atoms with E-state index in [0.29, 0.717) is 0 Å². The van der Waals surface area contributed by atoms with Crippen LogP contribution in [0.3, 0.4) is 0 Å². The Morgan fingerprint density at radius 3 is 1.23 bits per heavy atom. The van der Waals surface area contributed by atoms with Crippen LogP contribution in [0.4, 0.5) is 0 Å². The van der Waals surface area contributed by atoms with Gasteiger partial charge in [0.15, 0.2) is 0 Å². The number of rotatable bonds is 6. The summed E-state index contributed by atoms with van der Waals surface area (Å²) in [5.74, 6) is 0. The molecule has 0 aliphatic heterocycles. The topological polar surface area (TPSA) is 51.2 Å². The van der Waals surface area contributed by atoms with Crippen LogP contribution < -0.4 is 15.9 Å². The number of benzene rings is 6. The molecule has 44 heavy (non-hydrogen) atoms. The van der Waals surface area contributed by atoms with Crippen molar-refractivity contribution in [3.8, 4) is 33.4 Å². The van der Waals surface area contributed by atoms with Gasteiger partial charge in [0.25, 0.3) is 0 Å². The van der Waals surface area contributed by atoms with Crippen molar-refractivity contribution in [2.24, 2.45) is 0 Å². The Kier molecular flexibility index (Phi) is 7.75. The molecule has 0 heterocycles. The first-order chi connectivity index (χ1) is 20.7. The van der Waals surface area contributed by atoms with Gasteiger partial charge in [-0.1, -0.05) is 103 Å².